The fraction of sp³-hybridized carbons (Fsp3) is 0.182. The van der Waals surface area contributed by atoms with E-state index in [2.05, 4.69) is 10.2 Å². The van der Waals surface area contributed by atoms with Gasteiger partial charge in [0.25, 0.3) is 0 Å². The van der Waals surface area contributed by atoms with Gasteiger partial charge in [-0.2, -0.15) is 5.10 Å². The number of aromatic nitrogens is 2. The Balaban J connectivity index is 2.45. The summed E-state index contributed by atoms with van der Waals surface area (Å²) >= 11 is 5.83. The molecule has 1 aromatic carbocycles. The van der Waals surface area contributed by atoms with Crippen molar-refractivity contribution in [3.63, 3.8) is 0 Å². The molecule has 0 saturated heterocycles. The minimum atomic E-state index is 0.447. The van der Waals surface area contributed by atoms with Gasteiger partial charge in [0.2, 0.25) is 0 Å². The molecular weight excluding hydrogens is 226 g/mol. The largest absolute Gasteiger partial charge is 0.382 e. The van der Waals surface area contributed by atoms with E-state index in [1.54, 1.807) is 7.11 Å². The third kappa shape index (κ3) is 2.03. The number of anilines is 1. The van der Waals surface area contributed by atoms with Crippen molar-refractivity contribution < 1.29 is 4.74 Å². The second-order valence-corrected chi connectivity index (χ2v) is 3.84. The highest BCUT2D eigenvalue weighted by Crippen LogP contribution is 2.29. The van der Waals surface area contributed by atoms with Crippen LogP contribution in [0.1, 0.15) is 5.69 Å². The summed E-state index contributed by atoms with van der Waals surface area (Å²) in [5, 5.41) is 7.52. The van der Waals surface area contributed by atoms with Crippen molar-refractivity contribution in [2.75, 3.05) is 12.8 Å². The van der Waals surface area contributed by atoms with Gasteiger partial charge in [-0.15, -0.1) is 0 Å². The van der Waals surface area contributed by atoms with Crippen molar-refractivity contribution in [3.8, 4) is 11.1 Å². The molecule has 0 saturated carbocycles. The molecule has 3 N–H and O–H groups in total. The van der Waals surface area contributed by atoms with Crippen LogP contribution < -0.4 is 5.73 Å². The minimum Gasteiger partial charge on any atom is -0.382 e. The van der Waals surface area contributed by atoms with Crippen LogP contribution in [0.3, 0.4) is 0 Å². The average Bonchev–Trinajstić information content (AvgIpc) is 2.62. The Labute approximate surface area is 98.4 Å². The van der Waals surface area contributed by atoms with E-state index in [1.165, 1.54) is 0 Å². The van der Waals surface area contributed by atoms with E-state index >= 15 is 0 Å². The number of nitrogens with one attached hydrogen (secondary N) is 1. The standard InChI is InChI=1S/C11H12ClN3O/c1-16-6-9-10(11(13)15-14-9)7-2-4-8(12)5-3-7/h2-5H,6H2,1H3,(H3,13,14,15). The number of rotatable bonds is 3. The maximum absolute atomic E-state index is 5.83. The fourth-order valence-electron chi connectivity index (χ4n) is 1.58. The number of nitrogen functional groups attached to an aromatic ring is 1. The van der Waals surface area contributed by atoms with Crippen LogP contribution in [0, 0.1) is 0 Å². The number of aromatic amines is 1. The Bertz CT molecular complexity index is 478. The molecule has 16 heavy (non-hydrogen) atoms. The Morgan fingerprint density at radius 1 is 1.38 bits per heavy atom. The van der Waals surface area contributed by atoms with Gasteiger partial charge in [0.15, 0.2) is 5.82 Å². The maximum atomic E-state index is 5.83. The van der Waals surface area contributed by atoms with Gasteiger partial charge >= 0.3 is 0 Å². The molecule has 5 heteroatoms. The first-order valence-corrected chi connectivity index (χ1v) is 5.17. The second-order valence-electron chi connectivity index (χ2n) is 3.40. The number of halogens is 1. The van der Waals surface area contributed by atoms with Crippen LogP contribution in [0.15, 0.2) is 24.3 Å². The topological polar surface area (TPSA) is 63.9 Å². The van der Waals surface area contributed by atoms with Crippen molar-refractivity contribution in [2.45, 2.75) is 6.61 Å². The number of methoxy groups -OCH3 is 1. The monoisotopic (exact) mass is 237 g/mol. The lowest BCUT2D eigenvalue weighted by Gasteiger charge is -2.03. The van der Waals surface area contributed by atoms with Crippen LogP contribution in [0.25, 0.3) is 11.1 Å². The van der Waals surface area contributed by atoms with E-state index in [0.29, 0.717) is 17.4 Å². The van der Waals surface area contributed by atoms with Gasteiger partial charge < -0.3 is 10.5 Å². The predicted molar refractivity (Wildman–Crippen MR) is 64.2 cm³/mol. The highest BCUT2D eigenvalue weighted by atomic mass is 35.5. The van der Waals surface area contributed by atoms with Crippen LogP contribution in [-0.2, 0) is 11.3 Å². The van der Waals surface area contributed by atoms with Crippen molar-refractivity contribution in [2.24, 2.45) is 0 Å². The Morgan fingerprint density at radius 3 is 2.69 bits per heavy atom. The van der Waals surface area contributed by atoms with Gasteiger partial charge in [-0.3, -0.25) is 5.10 Å². The SMILES string of the molecule is COCc1[nH]nc(N)c1-c1ccc(Cl)cc1. The molecule has 0 radical (unpaired) electrons. The lowest BCUT2D eigenvalue weighted by atomic mass is 10.1. The zero-order valence-electron chi connectivity index (χ0n) is 8.83. The molecular formula is C11H12ClN3O. The number of nitrogens with two attached hydrogens (primary N) is 1. The van der Waals surface area contributed by atoms with Gasteiger partial charge in [-0.25, -0.2) is 0 Å². The smallest absolute Gasteiger partial charge is 0.153 e. The molecule has 0 aliphatic heterocycles. The molecule has 1 heterocycles. The van der Waals surface area contributed by atoms with E-state index in [1.807, 2.05) is 24.3 Å². The number of nitrogens with zero attached hydrogens (tertiary/aromatic N) is 1. The van der Waals surface area contributed by atoms with Gasteiger partial charge in [-0.1, -0.05) is 23.7 Å². The predicted octanol–water partition coefficient (Wildman–Crippen LogP) is 2.46. The third-order valence-corrected chi connectivity index (χ3v) is 2.54. The summed E-state index contributed by atoms with van der Waals surface area (Å²) in [6, 6.07) is 7.45. The molecule has 0 spiro atoms. The molecule has 0 fully saturated rings. The van der Waals surface area contributed by atoms with Crippen molar-refractivity contribution in [3.05, 3.63) is 35.0 Å². The van der Waals surface area contributed by atoms with Crippen LogP contribution in [0.4, 0.5) is 5.82 Å². The average molecular weight is 238 g/mol. The van der Waals surface area contributed by atoms with Crippen molar-refractivity contribution in [1.82, 2.24) is 10.2 Å². The van der Waals surface area contributed by atoms with Gasteiger partial charge in [0.05, 0.1) is 12.3 Å². The molecule has 1 aromatic heterocycles. The summed E-state index contributed by atoms with van der Waals surface area (Å²) in [6.07, 6.45) is 0. The molecule has 84 valence electrons. The normalized spacial score (nSPS) is 10.6. The van der Waals surface area contributed by atoms with Crippen LogP contribution >= 0.6 is 11.6 Å². The summed E-state index contributed by atoms with van der Waals surface area (Å²) in [5.41, 5.74) is 8.52. The number of ether oxygens (including phenoxy) is 1. The first-order chi connectivity index (χ1) is 7.72. The van der Waals surface area contributed by atoms with Crippen LogP contribution in [0.2, 0.25) is 5.02 Å². The zero-order chi connectivity index (χ0) is 11.5. The molecule has 0 bridgehead atoms. The van der Waals surface area contributed by atoms with Crippen molar-refractivity contribution in [1.29, 1.82) is 0 Å². The Kier molecular flexibility index (Phi) is 3.12. The first kappa shape index (κ1) is 11.0. The maximum Gasteiger partial charge on any atom is 0.153 e. The molecule has 2 aromatic rings. The summed E-state index contributed by atoms with van der Waals surface area (Å²) < 4.78 is 5.07. The number of hydrogen-bond donors (Lipinski definition) is 2. The molecule has 0 unspecified atom stereocenters. The quantitative estimate of drug-likeness (QED) is 0.862. The molecule has 4 nitrogen and oxygen atoms in total. The summed E-state index contributed by atoms with van der Waals surface area (Å²) in [4.78, 5) is 0. The summed E-state index contributed by atoms with van der Waals surface area (Å²) in [5.74, 6) is 0.467. The Morgan fingerprint density at radius 2 is 2.06 bits per heavy atom. The van der Waals surface area contributed by atoms with Gasteiger partial charge in [0.1, 0.15) is 0 Å². The van der Waals surface area contributed by atoms with E-state index in [9.17, 15) is 0 Å². The minimum absolute atomic E-state index is 0.447. The van der Waals surface area contributed by atoms with Crippen molar-refractivity contribution >= 4 is 17.4 Å². The summed E-state index contributed by atoms with van der Waals surface area (Å²) in [6.45, 7) is 0.447. The Hall–Kier alpha value is -1.52. The third-order valence-electron chi connectivity index (χ3n) is 2.29. The van der Waals surface area contributed by atoms with Gasteiger partial charge in [-0.05, 0) is 17.7 Å². The van der Waals surface area contributed by atoms with E-state index in [-0.39, 0.29) is 0 Å². The van der Waals surface area contributed by atoms with Gasteiger partial charge in [0, 0.05) is 17.7 Å². The first-order valence-electron chi connectivity index (χ1n) is 4.80. The summed E-state index contributed by atoms with van der Waals surface area (Å²) in [7, 11) is 1.63. The molecule has 2 rings (SSSR count). The molecule has 0 aliphatic rings. The van der Waals surface area contributed by atoms with Crippen LogP contribution in [0.5, 0.6) is 0 Å². The number of hydrogen-bond acceptors (Lipinski definition) is 3. The van der Waals surface area contributed by atoms with E-state index in [0.717, 1.165) is 16.8 Å². The lowest BCUT2D eigenvalue weighted by Crippen LogP contribution is -1.92. The second kappa shape index (κ2) is 4.55. The number of benzene rings is 1. The van der Waals surface area contributed by atoms with Crippen LogP contribution in [-0.4, -0.2) is 17.3 Å². The number of H-pyrrole nitrogens is 1. The van der Waals surface area contributed by atoms with E-state index < -0.39 is 0 Å². The lowest BCUT2D eigenvalue weighted by molar-refractivity contribution is 0.182. The molecule has 0 aliphatic carbocycles. The van der Waals surface area contributed by atoms with E-state index in [4.69, 9.17) is 22.1 Å². The molecule has 0 amide bonds. The highest BCUT2D eigenvalue weighted by Gasteiger charge is 2.12. The zero-order valence-corrected chi connectivity index (χ0v) is 9.58. The highest BCUT2D eigenvalue weighted by molar-refractivity contribution is 6.30. The fourth-order valence-corrected chi connectivity index (χ4v) is 1.71. The molecule has 0 atom stereocenters.